The van der Waals surface area contributed by atoms with Crippen LogP contribution in [0.25, 0.3) is 0 Å². The first-order chi connectivity index (χ1) is 6.82. The van der Waals surface area contributed by atoms with Crippen LogP contribution in [0, 0.1) is 17.3 Å². The van der Waals surface area contributed by atoms with Crippen molar-refractivity contribution >= 4 is 11.9 Å². The van der Waals surface area contributed by atoms with Crippen molar-refractivity contribution in [3.63, 3.8) is 0 Å². The average Bonchev–Trinajstić information content (AvgIpc) is 2.66. The molecule has 1 N–H and O–H groups in total. The largest absolute Gasteiger partial charge is 0.481 e. The maximum Gasteiger partial charge on any atom is 0.366 e. The van der Waals surface area contributed by atoms with Crippen molar-refractivity contribution in [1.29, 1.82) is 0 Å². The third-order valence-electron chi connectivity index (χ3n) is 2.88. The average molecular weight is 216 g/mol. The second-order valence-electron chi connectivity index (χ2n) is 4.17. The molecule has 0 spiro atoms. The van der Waals surface area contributed by atoms with E-state index in [0.29, 0.717) is 0 Å². The highest BCUT2D eigenvalue weighted by Gasteiger charge is 2.61. The number of hydrogen-bond donors (Lipinski definition) is 1. The smallest absolute Gasteiger partial charge is 0.366 e. The van der Waals surface area contributed by atoms with Crippen molar-refractivity contribution in [3.05, 3.63) is 11.9 Å². The molecule has 1 saturated carbocycles. The van der Waals surface area contributed by atoms with E-state index in [1.54, 1.807) is 13.8 Å². The second kappa shape index (κ2) is 3.64. The van der Waals surface area contributed by atoms with Crippen molar-refractivity contribution in [2.24, 2.45) is 17.3 Å². The van der Waals surface area contributed by atoms with Gasteiger partial charge < -0.3 is 9.84 Å². The number of carboxylic acid groups (broad SMARTS) is 1. The lowest BCUT2D eigenvalue weighted by Gasteiger charge is -1.97. The van der Waals surface area contributed by atoms with Gasteiger partial charge in [0, 0.05) is 0 Å². The summed E-state index contributed by atoms with van der Waals surface area (Å²) in [5.41, 5.74) is -0.503. The highest BCUT2D eigenvalue weighted by atomic mass is 19.1. The Morgan fingerprint density at radius 3 is 2.33 bits per heavy atom. The third-order valence-corrected chi connectivity index (χ3v) is 2.88. The van der Waals surface area contributed by atoms with E-state index < -0.39 is 35.0 Å². The molecule has 15 heavy (non-hydrogen) atoms. The lowest BCUT2D eigenvalue weighted by atomic mass is 10.1. The van der Waals surface area contributed by atoms with Gasteiger partial charge in [-0.1, -0.05) is 13.8 Å². The van der Waals surface area contributed by atoms with Crippen LogP contribution in [0.3, 0.4) is 0 Å². The molecule has 0 heterocycles. The molecule has 5 heteroatoms. The highest BCUT2D eigenvalue weighted by Crippen LogP contribution is 2.59. The Kier molecular flexibility index (Phi) is 2.83. The van der Waals surface area contributed by atoms with E-state index in [9.17, 15) is 14.0 Å². The molecule has 4 nitrogen and oxygen atoms in total. The summed E-state index contributed by atoms with van der Waals surface area (Å²) in [7, 11) is 1.07. The van der Waals surface area contributed by atoms with Crippen molar-refractivity contribution in [1.82, 2.24) is 0 Å². The summed E-state index contributed by atoms with van der Waals surface area (Å²) >= 11 is 0. The number of ether oxygens (including phenoxy) is 1. The Morgan fingerprint density at radius 1 is 1.47 bits per heavy atom. The van der Waals surface area contributed by atoms with Gasteiger partial charge in [-0.15, -0.1) is 0 Å². The van der Waals surface area contributed by atoms with Crippen molar-refractivity contribution < 1.29 is 23.8 Å². The molecule has 2 atom stereocenters. The first-order valence-corrected chi connectivity index (χ1v) is 4.50. The van der Waals surface area contributed by atoms with Crippen molar-refractivity contribution in [2.75, 3.05) is 7.11 Å². The van der Waals surface area contributed by atoms with E-state index in [4.69, 9.17) is 5.11 Å². The first kappa shape index (κ1) is 11.7. The van der Waals surface area contributed by atoms with Crippen LogP contribution in [0.15, 0.2) is 11.9 Å². The topological polar surface area (TPSA) is 63.6 Å². The summed E-state index contributed by atoms with van der Waals surface area (Å²) in [6.45, 7) is 3.44. The molecule has 1 aliphatic carbocycles. The zero-order valence-electron chi connectivity index (χ0n) is 8.78. The summed E-state index contributed by atoms with van der Waals surface area (Å²) in [6.07, 6.45) is 1.03. The zero-order valence-corrected chi connectivity index (χ0v) is 8.78. The van der Waals surface area contributed by atoms with Crippen LogP contribution in [-0.2, 0) is 14.3 Å². The second-order valence-corrected chi connectivity index (χ2v) is 4.17. The van der Waals surface area contributed by atoms with Gasteiger partial charge in [0.05, 0.1) is 13.0 Å². The molecule has 0 aromatic heterocycles. The maximum absolute atomic E-state index is 13.1. The highest BCUT2D eigenvalue weighted by molar-refractivity contribution is 5.86. The molecule has 0 aromatic rings. The number of esters is 1. The summed E-state index contributed by atoms with van der Waals surface area (Å²) in [5, 5.41) is 8.80. The van der Waals surface area contributed by atoms with Gasteiger partial charge in [-0.2, -0.15) is 4.39 Å². The molecule has 0 radical (unpaired) electrons. The predicted molar refractivity (Wildman–Crippen MR) is 49.6 cm³/mol. The Hall–Kier alpha value is -1.39. The molecule has 1 fully saturated rings. The van der Waals surface area contributed by atoms with Crippen LogP contribution in [0.1, 0.15) is 13.8 Å². The molecule has 0 saturated heterocycles. The van der Waals surface area contributed by atoms with Gasteiger partial charge in [-0.3, -0.25) is 4.79 Å². The van der Waals surface area contributed by atoms with E-state index >= 15 is 0 Å². The monoisotopic (exact) mass is 216 g/mol. The molecule has 0 bridgehead atoms. The molecule has 0 aromatic carbocycles. The lowest BCUT2D eigenvalue weighted by Crippen LogP contribution is -2.03. The number of aliphatic carboxylic acids is 1. The number of allylic oxidation sites excluding steroid dienone is 1. The van der Waals surface area contributed by atoms with Crippen LogP contribution in [-0.4, -0.2) is 24.2 Å². The van der Waals surface area contributed by atoms with Crippen molar-refractivity contribution in [2.45, 2.75) is 13.8 Å². The fraction of sp³-hybridized carbons (Fsp3) is 0.600. The number of halogens is 1. The summed E-state index contributed by atoms with van der Waals surface area (Å²) in [6, 6.07) is 0. The number of hydrogen-bond acceptors (Lipinski definition) is 3. The molecular formula is C10H13FO4. The van der Waals surface area contributed by atoms with Crippen LogP contribution in [0.4, 0.5) is 4.39 Å². The van der Waals surface area contributed by atoms with Crippen LogP contribution >= 0.6 is 0 Å². The lowest BCUT2D eigenvalue weighted by molar-refractivity contribution is -0.140. The van der Waals surface area contributed by atoms with Crippen LogP contribution in [0.5, 0.6) is 0 Å². The molecule has 0 aliphatic heterocycles. The van der Waals surface area contributed by atoms with Gasteiger partial charge >= 0.3 is 11.9 Å². The van der Waals surface area contributed by atoms with Crippen LogP contribution < -0.4 is 0 Å². The maximum atomic E-state index is 13.1. The standard InChI is InChI=1S/C10H13FO4/c1-10(2)5(7(10)8(12)13)4-6(11)9(14)15-3/h4-5,7H,1-3H3,(H,12,13)/b6-4-. The number of rotatable bonds is 3. The van der Waals surface area contributed by atoms with E-state index in [2.05, 4.69) is 4.74 Å². The van der Waals surface area contributed by atoms with Crippen LogP contribution in [0.2, 0.25) is 0 Å². The van der Waals surface area contributed by atoms with Gasteiger partial charge in [-0.05, 0) is 17.4 Å². The normalized spacial score (nSPS) is 28.4. The number of carboxylic acids is 1. The molecule has 1 aliphatic rings. The molecule has 2 unspecified atom stereocenters. The Bertz CT molecular complexity index is 332. The van der Waals surface area contributed by atoms with E-state index in [1.165, 1.54) is 0 Å². The molecule has 1 rings (SSSR count). The van der Waals surface area contributed by atoms with Gasteiger partial charge in [0.1, 0.15) is 0 Å². The predicted octanol–water partition coefficient (Wildman–Crippen LogP) is 1.37. The Labute approximate surface area is 86.7 Å². The SMILES string of the molecule is COC(=O)/C(F)=C/C1C(C(=O)O)C1(C)C. The minimum absolute atomic E-state index is 0.450. The number of carbonyl (C=O) groups excluding carboxylic acids is 1. The summed E-state index contributed by atoms with van der Waals surface area (Å²) in [5.74, 6) is -4.15. The number of carbonyl (C=O) groups is 2. The number of methoxy groups -OCH3 is 1. The summed E-state index contributed by atoms with van der Waals surface area (Å²) < 4.78 is 17.2. The van der Waals surface area contributed by atoms with Crippen molar-refractivity contribution in [3.8, 4) is 0 Å². The van der Waals surface area contributed by atoms with Gasteiger partial charge in [0.15, 0.2) is 0 Å². The minimum Gasteiger partial charge on any atom is -0.481 e. The van der Waals surface area contributed by atoms with E-state index in [0.717, 1.165) is 13.2 Å². The zero-order chi connectivity index (χ0) is 11.8. The van der Waals surface area contributed by atoms with Gasteiger partial charge in [0.2, 0.25) is 5.83 Å². The first-order valence-electron chi connectivity index (χ1n) is 4.50. The summed E-state index contributed by atoms with van der Waals surface area (Å²) in [4.78, 5) is 21.5. The molecule has 0 amide bonds. The third kappa shape index (κ3) is 2.00. The van der Waals surface area contributed by atoms with Gasteiger partial charge in [0.25, 0.3) is 0 Å². The minimum atomic E-state index is -1.07. The van der Waals surface area contributed by atoms with E-state index in [1.807, 2.05) is 0 Å². The molecular weight excluding hydrogens is 203 g/mol. The Morgan fingerprint density at radius 2 is 2.00 bits per heavy atom. The fourth-order valence-corrected chi connectivity index (χ4v) is 1.78. The molecule has 84 valence electrons. The quantitative estimate of drug-likeness (QED) is 0.571. The fourth-order valence-electron chi connectivity index (χ4n) is 1.78. The Balaban J connectivity index is 2.78. The van der Waals surface area contributed by atoms with E-state index in [-0.39, 0.29) is 0 Å². The van der Waals surface area contributed by atoms with Gasteiger partial charge in [-0.25, -0.2) is 4.79 Å².